The van der Waals surface area contributed by atoms with E-state index in [4.69, 9.17) is 13.9 Å². The van der Waals surface area contributed by atoms with Gasteiger partial charge in [-0.25, -0.2) is 0 Å². The van der Waals surface area contributed by atoms with Crippen LogP contribution in [0.25, 0.3) is 11.0 Å². The lowest BCUT2D eigenvalue weighted by molar-refractivity contribution is 0.0589. The fourth-order valence-corrected chi connectivity index (χ4v) is 4.78. The summed E-state index contributed by atoms with van der Waals surface area (Å²) in [6, 6.07) is 10.6. The second-order valence-electron chi connectivity index (χ2n) is 8.18. The normalized spacial score (nSPS) is 20.7. The van der Waals surface area contributed by atoms with Crippen LogP contribution in [0.2, 0.25) is 0 Å². The van der Waals surface area contributed by atoms with Crippen LogP contribution in [0.15, 0.2) is 40.8 Å². The molecule has 0 radical (unpaired) electrons. The number of ether oxygens (including phenoxy) is 2. The van der Waals surface area contributed by atoms with E-state index >= 15 is 0 Å². The summed E-state index contributed by atoms with van der Waals surface area (Å²) in [5.41, 5.74) is 2.68. The highest BCUT2D eigenvalue weighted by molar-refractivity contribution is 6.31. The first-order valence-corrected chi connectivity index (χ1v) is 10.4. The molecule has 1 aliphatic carbocycles. The Hall–Kier alpha value is -2.96. The summed E-state index contributed by atoms with van der Waals surface area (Å²) in [4.78, 5) is 28.4. The van der Waals surface area contributed by atoms with Crippen molar-refractivity contribution in [2.45, 2.75) is 31.9 Å². The summed E-state index contributed by atoms with van der Waals surface area (Å²) in [7, 11) is 0. The zero-order valence-corrected chi connectivity index (χ0v) is 16.5. The van der Waals surface area contributed by atoms with Crippen molar-refractivity contribution in [3.8, 4) is 5.75 Å². The predicted molar refractivity (Wildman–Crippen MR) is 109 cm³/mol. The average molecular weight is 403 g/mol. The van der Waals surface area contributed by atoms with Gasteiger partial charge in [-0.15, -0.1) is 0 Å². The van der Waals surface area contributed by atoms with Gasteiger partial charge < -0.3 is 13.9 Å². The van der Waals surface area contributed by atoms with Gasteiger partial charge in [-0.05, 0) is 31.4 Å². The Morgan fingerprint density at radius 1 is 1.03 bits per heavy atom. The number of hydrogen-bond acceptors (Lipinski definition) is 6. The lowest BCUT2D eigenvalue weighted by atomic mass is 9.87. The third kappa shape index (κ3) is 2.64. The van der Waals surface area contributed by atoms with Crippen LogP contribution < -0.4 is 4.74 Å². The molecule has 1 atom stereocenters. The van der Waals surface area contributed by atoms with Gasteiger partial charge in [0, 0.05) is 36.2 Å². The molecule has 6 rings (SSSR count). The largest absolute Gasteiger partial charge is 0.478 e. The zero-order chi connectivity index (χ0) is 20.2. The number of benzene rings is 2. The molecule has 0 N–H and O–H groups in total. The third-order valence-corrected chi connectivity index (χ3v) is 6.34. The molecule has 2 aromatic carbocycles. The first-order valence-electron chi connectivity index (χ1n) is 10.4. The molecule has 6 heteroatoms. The highest BCUT2D eigenvalue weighted by atomic mass is 16.5. The Morgan fingerprint density at radius 3 is 2.67 bits per heavy atom. The lowest BCUT2D eigenvalue weighted by Crippen LogP contribution is -2.34. The number of furan rings is 1. The summed E-state index contributed by atoms with van der Waals surface area (Å²) in [6.45, 7) is 2.88. The van der Waals surface area contributed by atoms with Crippen LogP contribution in [-0.4, -0.2) is 42.5 Å². The van der Waals surface area contributed by atoms with Crippen molar-refractivity contribution in [1.82, 2.24) is 4.90 Å². The van der Waals surface area contributed by atoms with Crippen molar-refractivity contribution in [3.05, 3.63) is 64.4 Å². The van der Waals surface area contributed by atoms with Crippen LogP contribution in [0, 0.1) is 0 Å². The Kier molecular flexibility index (Phi) is 4.04. The van der Waals surface area contributed by atoms with Crippen LogP contribution in [0.3, 0.4) is 0 Å². The van der Waals surface area contributed by atoms with E-state index in [0.717, 1.165) is 43.7 Å². The monoisotopic (exact) mass is 403 g/mol. The molecule has 1 aromatic heterocycles. The smallest absolute Gasteiger partial charge is 0.229 e. The number of nitrogens with zero attached hydrogens (tertiary/aromatic N) is 1. The molecule has 30 heavy (non-hydrogen) atoms. The Bertz CT molecular complexity index is 1190. The first-order chi connectivity index (χ1) is 14.7. The molecule has 3 aromatic rings. The van der Waals surface area contributed by atoms with Crippen molar-refractivity contribution in [2.24, 2.45) is 0 Å². The maximum absolute atomic E-state index is 13.1. The van der Waals surface area contributed by atoms with Crippen molar-refractivity contribution in [3.63, 3.8) is 0 Å². The van der Waals surface area contributed by atoms with Gasteiger partial charge >= 0.3 is 0 Å². The molecule has 6 nitrogen and oxygen atoms in total. The molecule has 152 valence electrons. The second-order valence-corrected chi connectivity index (χ2v) is 8.18. The molecule has 0 bridgehead atoms. The predicted octanol–water partition coefficient (Wildman–Crippen LogP) is 3.93. The van der Waals surface area contributed by atoms with E-state index in [-0.39, 0.29) is 17.3 Å². The van der Waals surface area contributed by atoms with E-state index in [9.17, 15) is 9.59 Å². The molecular formula is C24H21NO5. The molecule has 1 saturated heterocycles. The molecule has 1 fully saturated rings. The van der Waals surface area contributed by atoms with E-state index in [1.807, 2.05) is 12.1 Å². The number of fused-ring (bicyclic) bond motifs is 6. The van der Waals surface area contributed by atoms with Gasteiger partial charge in [0.15, 0.2) is 11.5 Å². The summed E-state index contributed by atoms with van der Waals surface area (Å²) in [5.74, 6) is 0.487. The molecule has 3 aliphatic rings. The van der Waals surface area contributed by atoms with Gasteiger partial charge in [0.05, 0.1) is 17.2 Å². The molecule has 2 aliphatic heterocycles. The number of carbonyl (C=O) groups is 2. The van der Waals surface area contributed by atoms with Crippen LogP contribution >= 0.6 is 0 Å². The minimum atomic E-state index is -0.239. The highest BCUT2D eigenvalue weighted by Gasteiger charge is 2.36. The van der Waals surface area contributed by atoms with Gasteiger partial charge in [-0.3, -0.25) is 14.5 Å². The van der Waals surface area contributed by atoms with Gasteiger partial charge in [0.25, 0.3) is 0 Å². The minimum Gasteiger partial charge on any atom is -0.478 e. The fourth-order valence-electron chi connectivity index (χ4n) is 4.78. The first kappa shape index (κ1) is 17.9. The quantitative estimate of drug-likeness (QED) is 0.516. The summed E-state index contributed by atoms with van der Waals surface area (Å²) < 4.78 is 17.7. The standard InChI is InChI=1S/C24H21NO5/c26-21-15-5-1-2-6-16(15)22(27)24-20(21)17-7-8-19-18(23(17)30-24)12-25(13-29-19)10-9-14-4-3-11-28-14/h1-2,5-8,14H,3-4,9-13H2. The van der Waals surface area contributed by atoms with Gasteiger partial charge in [0.2, 0.25) is 5.78 Å². The van der Waals surface area contributed by atoms with Crippen LogP contribution in [0.5, 0.6) is 5.75 Å². The maximum Gasteiger partial charge on any atom is 0.229 e. The van der Waals surface area contributed by atoms with E-state index in [1.165, 1.54) is 0 Å². The number of hydrogen-bond donors (Lipinski definition) is 0. The number of carbonyl (C=O) groups excluding carboxylic acids is 2. The van der Waals surface area contributed by atoms with Crippen LogP contribution in [0.4, 0.5) is 0 Å². The minimum absolute atomic E-state index is 0.138. The Morgan fingerprint density at radius 2 is 1.87 bits per heavy atom. The topological polar surface area (TPSA) is 69.0 Å². The molecule has 1 unspecified atom stereocenters. The van der Waals surface area contributed by atoms with Gasteiger partial charge in [-0.2, -0.15) is 0 Å². The third-order valence-electron chi connectivity index (χ3n) is 6.34. The van der Waals surface area contributed by atoms with Gasteiger partial charge in [0.1, 0.15) is 18.1 Å². The van der Waals surface area contributed by atoms with E-state index in [1.54, 1.807) is 24.3 Å². The molecule has 0 saturated carbocycles. The fraction of sp³-hybridized carbons (Fsp3) is 0.333. The summed E-state index contributed by atoms with van der Waals surface area (Å²) in [5, 5.41) is 0.682. The SMILES string of the molecule is O=C1c2ccccc2C(=O)c2c1oc1c3c(ccc21)OCN(CCC1CCCO1)C3. The maximum atomic E-state index is 13.1. The van der Waals surface area contributed by atoms with Crippen molar-refractivity contribution in [2.75, 3.05) is 19.9 Å². The highest BCUT2D eigenvalue weighted by Crippen LogP contribution is 2.40. The Balaban J connectivity index is 1.38. The second kappa shape index (κ2) is 6.79. The zero-order valence-electron chi connectivity index (χ0n) is 16.5. The summed E-state index contributed by atoms with van der Waals surface area (Å²) >= 11 is 0. The number of rotatable bonds is 3. The molecular weight excluding hydrogens is 382 g/mol. The molecule has 0 amide bonds. The van der Waals surface area contributed by atoms with Crippen molar-refractivity contribution in [1.29, 1.82) is 0 Å². The average Bonchev–Trinajstić information content (AvgIpc) is 3.44. The molecule has 0 spiro atoms. The van der Waals surface area contributed by atoms with Gasteiger partial charge in [-0.1, -0.05) is 24.3 Å². The number of ketones is 2. The Labute approximate surface area is 173 Å². The van der Waals surface area contributed by atoms with Crippen molar-refractivity contribution < 1.29 is 23.5 Å². The summed E-state index contributed by atoms with van der Waals surface area (Å²) in [6.07, 6.45) is 3.54. The van der Waals surface area contributed by atoms with E-state index in [2.05, 4.69) is 4.90 Å². The molecule has 3 heterocycles. The van der Waals surface area contributed by atoms with Crippen LogP contribution in [-0.2, 0) is 11.3 Å². The van der Waals surface area contributed by atoms with Crippen molar-refractivity contribution >= 4 is 22.5 Å². The lowest BCUT2D eigenvalue weighted by Gasteiger charge is -2.29. The van der Waals surface area contributed by atoms with Crippen LogP contribution in [0.1, 0.15) is 56.9 Å². The van der Waals surface area contributed by atoms with E-state index in [0.29, 0.717) is 47.0 Å². The van der Waals surface area contributed by atoms with E-state index < -0.39 is 0 Å².